The van der Waals surface area contributed by atoms with Crippen molar-refractivity contribution in [1.29, 1.82) is 0 Å². The molecule has 1 aromatic carbocycles. The van der Waals surface area contributed by atoms with Gasteiger partial charge in [0, 0.05) is 19.0 Å². The van der Waals surface area contributed by atoms with E-state index in [2.05, 4.69) is 5.32 Å². The Bertz CT molecular complexity index is 397. The highest BCUT2D eigenvalue weighted by Crippen LogP contribution is 2.09. The molecule has 18 heavy (non-hydrogen) atoms. The molecule has 0 saturated heterocycles. The molecule has 0 aliphatic rings. The first-order valence-corrected chi connectivity index (χ1v) is 5.76. The van der Waals surface area contributed by atoms with Crippen molar-refractivity contribution in [2.75, 3.05) is 0 Å². The van der Waals surface area contributed by atoms with Crippen LogP contribution in [-0.4, -0.2) is 11.9 Å². The fraction of sp³-hybridized carbons (Fsp3) is 0.462. The molecule has 1 amide bonds. The van der Waals surface area contributed by atoms with Crippen molar-refractivity contribution >= 4 is 18.3 Å². The maximum Gasteiger partial charge on any atom is 0.220 e. The SMILES string of the molecule is Cc1cc(CNC(=O)CCC(C)N)ccc1F.Cl. The molecule has 1 atom stereocenters. The molecule has 5 heteroatoms. The van der Waals surface area contributed by atoms with Crippen LogP contribution < -0.4 is 11.1 Å². The molecule has 3 N–H and O–H groups in total. The van der Waals surface area contributed by atoms with Gasteiger partial charge >= 0.3 is 0 Å². The van der Waals surface area contributed by atoms with E-state index < -0.39 is 0 Å². The van der Waals surface area contributed by atoms with Crippen LogP contribution in [0.5, 0.6) is 0 Å². The number of nitrogens with two attached hydrogens (primary N) is 1. The summed E-state index contributed by atoms with van der Waals surface area (Å²) in [6.45, 7) is 4.01. The molecule has 0 radical (unpaired) electrons. The Morgan fingerprint density at radius 2 is 2.17 bits per heavy atom. The summed E-state index contributed by atoms with van der Waals surface area (Å²) < 4.78 is 13.0. The minimum Gasteiger partial charge on any atom is -0.352 e. The smallest absolute Gasteiger partial charge is 0.220 e. The van der Waals surface area contributed by atoms with Gasteiger partial charge in [-0.15, -0.1) is 12.4 Å². The number of hydrogen-bond donors (Lipinski definition) is 2. The van der Waals surface area contributed by atoms with E-state index in [9.17, 15) is 9.18 Å². The normalized spacial score (nSPS) is 11.6. The fourth-order valence-corrected chi connectivity index (χ4v) is 1.46. The highest BCUT2D eigenvalue weighted by Gasteiger charge is 2.04. The van der Waals surface area contributed by atoms with Crippen LogP contribution in [0.25, 0.3) is 0 Å². The molecule has 0 fully saturated rings. The number of carbonyl (C=O) groups excluding carboxylic acids is 1. The first-order valence-electron chi connectivity index (χ1n) is 5.76. The van der Waals surface area contributed by atoms with Gasteiger partial charge < -0.3 is 11.1 Å². The zero-order valence-electron chi connectivity index (χ0n) is 10.7. The van der Waals surface area contributed by atoms with Gasteiger partial charge in [0.05, 0.1) is 0 Å². The lowest BCUT2D eigenvalue weighted by Crippen LogP contribution is -2.25. The fourth-order valence-electron chi connectivity index (χ4n) is 1.46. The second-order valence-electron chi connectivity index (χ2n) is 4.38. The van der Waals surface area contributed by atoms with E-state index >= 15 is 0 Å². The van der Waals surface area contributed by atoms with E-state index in [4.69, 9.17) is 5.73 Å². The Labute approximate surface area is 113 Å². The van der Waals surface area contributed by atoms with E-state index in [1.165, 1.54) is 6.07 Å². The average molecular weight is 275 g/mol. The molecule has 0 aliphatic carbocycles. The van der Waals surface area contributed by atoms with Crippen molar-refractivity contribution in [3.05, 3.63) is 35.1 Å². The lowest BCUT2D eigenvalue weighted by atomic mass is 10.1. The van der Waals surface area contributed by atoms with Gasteiger partial charge in [0.15, 0.2) is 0 Å². The minimum atomic E-state index is -0.225. The van der Waals surface area contributed by atoms with Gasteiger partial charge in [-0.3, -0.25) is 4.79 Å². The number of hydrogen-bond acceptors (Lipinski definition) is 2. The summed E-state index contributed by atoms with van der Waals surface area (Å²) in [6.07, 6.45) is 1.10. The van der Waals surface area contributed by atoms with Crippen molar-refractivity contribution in [1.82, 2.24) is 5.32 Å². The summed E-state index contributed by atoms with van der Waals surface area (Å²) in [5.41, 5.74) is 7.05. The summed E-state index contributed by atoms with van der Waals surface area (Å²) >= 11 is 0. The molecule has 1 unspecified atom stereocenters. The minimum absolute atomic E-state index is 0. The zero-order chi connectivity index (χ0) is 12.8. The Morgan fingerprint density at radius 1 is 1.50 bits per heavy atom. The summed E-state index contributed by atoms with van der Waals surface area (Å²) in [4.78, 5) is 11.4. The van der Waals surface area contributed by atoms with Crippen LogP contribution in [0, 0.1) is 12.7 Å². The molecule has 3 nitrogen and oxygen atoms in total. The molecule has 0 spiro atoms. The lowest BCUT2D eigenvalue weighted by Gasteiger charge is -2.07. The topological polar surface area (TPSA) is 55.1 Å². The van der Waals surface area contributed by atoms with Crippen LogP contribution in [0.4, 0.5) is 4.39 Å². The van der Waals surface area contributed by atoms with E-state index in [1.807, 2.05) is 6.92 Å². The summed E-state index contributed by atoms with van der Waals surface area (Å²) in [5, 5.41) is 2.78. The number of halogens is 2. The van der Waals surface area contributed by atoms with Crippen molar-refractivity contribution in [3.8, 4) is 0 Å². The van der Waals surface area contributed by atoms with Crippen molar-refractivity contribution in [2.24, 2.45) is 5.73 Å². The van der Waals surface area contributed by atoms with Crippen molar-refractivity contribution < 1.29 is 9.18 Å². The van der Waals surface area contributed by atoms with Gasteiger partial charge in [-0.1, -0.05) is 12.1 Å². The number of rotatable bonds is 5. The second-order valence-corrected chi connectivity index (χ2v) is 4.38. The van der Waals surface area contributed by atoms with Gasteiger partial charge in [0.1, 0.15) is 5.82 Å². The highest BCUT2D eigenvalue weighted by atomic mass is 35.5. The third kappa shape index (κ3) is 5.98. The Kier molecular flexibility index (Phi) is 7.55. The number of aryl methyl sites for hydroxylation is 1. The van der Waals surface area contributed by atoms with E-state index in [-0.39, 0.29) is 30.2 Å². The summed E-state index contributed by atoms with van der Waals surface area (Å²) in [5.74, 6) is -0.249. The van der Waals surface area contributed by atoms with Gasteiger partial charge in [-0.25, -0.2) is 4.39 Å². The molecule has 0 aliphatic heterocycles. The molecule has 0 bridgehead atoms. The summed E-state index contributed by atoms with van der Waals surface area (Å²) in [6, 6.07) is 4.86. The Hall–Kier alpha value is -1.13. The highest BCUT2D eigenvalue weighted by molar-refractivity contribution is 5.85. The van der Waals surface area contributed by atoms with Crippen LogP contribution in [0.1, 0.15) is 30.9 Å². The van der Waals surface area contributed by atoms with Gasteiger partial charge in [0.2, 0.25) is 5.91 Å². The first kappa shape index (κ1) is 16.9. The standard InChI is InChI=1S/C13H19FN2O.ClH/c1-9-7-11(4-5-12(9)14)8-16-13(17)6-3-10(2)15;/h4-5,7,10H,3,6,8,15H2,1-2H3,(H,16,17);1H. The third-order valence-electron chi connectivity index (χ3n) is 2.54. The molecule has 1 aromatic rings. The zero-order valence-corrected chi connectivity index (χ0v) is 11.5. The third-order valence-corrected chi connectivity index (χ3v) is 2.54. The molecule has 0 aromatic heterocycles. The second kappa shape index (κ2) is 8.06. The van der Waals surface area contributed by atoms with Crippen LogP contribution in [-0.2, 0) is 11.3 Å². The Morgan fingerprint density at radius 3 is 2.72 bits per heavy atom. The molecule has 1 rings (SSSR count). The van der Waals surface area contributed by atoms with Crippen LogP contribution >= 0.6 is 12.4 Å². The van der Waals surface area contributed by atoms with Crippen molar-refractivity contribution in [2.45, 2.75) is 39.3 Å². The predicted octanol–water partition coefficient (Wildman–Crippen LogP) is 2.30. The van der Waals surface area contributed by atoms with Crippen LogP contribution in [0.15, 0.2) is 18.2 Å². The summed E-state index contributed by atoms with van der Waals surface area (Å²) in [7, 11) is 0. The average Bonchev–Trinajstić information content (AvgIpc) is 2.28. The van der Waals surface area contributed by atoms with Crippen LogP contribution in [0.2, 0.25) is 0 Å². The molecule has 0 saturated carbocycles. The number of carbonyl (C=O) groups is 1. The van der Waals surface area contributed by atoms with Gasteiger partial charge in [0.25, 0.3) is 0 Å². The molecule has 102 valence electrons. The Balaban J connectivity index is 0.00000289. The number of nitrogens with one attached hydrogen (secondary N) is 1. The quantitative estimate of drug-likeness (QED) is 0.866. The maximum absolute atomic E-state index is 13.0. The van der Waals surface area contributed by atoms with E-state index in [0.29, 0.717) is 24.9 Å². The first-order chi connectivity index (χ1) is 7.99. The molecule has 0 heterocycles. The number of amides is 1. The predicted molar refractivity (Wildman–Crippen MR) is 73.1 cm³/mol. The van der Waals surface area contributed by atoms with Crippen molar-refractivity contribution in [3.63, 3.8) is 0 Å². The molecular formula is C13H20ClFN2O. The molecular weight excluding hydrogens is 255 g/mol. The largest absolute Gasteiger partial charge is 0.352 e. The van der Waals surface area contributed by atoms with E-state index in [1.54, 1.807) is 19.1 Å². The maximum atomic E-state index is 13.0. The van der Waals surface area contributed by atoms with Gasteiger partial charge in [-0.05, 0) is 37.5 Å². The monoisotopic (exact) mass is 274 g/mol. The van der Waals surface area contributed by atoms with E-state index in [0.717, 1.165) is 5.56 Å². The van der Waals surface area contributed by atoms with Crippen LogP contribution in [0.3, 0.4) is 0 Å². The lowest BCUT2D eigenvalue weighted by molar-refractivity contribution is -0.121. The number of benzene rings is 1. The van der Waals surface area contributed by atoms with Gasteiger partial charge in [-0.2, -0.15) is 0 Å².